The number of methoxy groups -OCH3 is 1. The van der Waals surface area contributed by atoms with Gasteiger partial charge in [0.05, 0.1) is 12.7 Å². The first kappa shape index (κ1) is 20.2. The van der Waals surface area contributed by atoms with E-state index in [4.69, 9.17) is 4.74 Å². The van der Waals surface area contributed by atoms with Crippen molar-refractivity contribution in [1.29, 1.82) is 0 Å². The molecule has 0 unspecified atom stereocenters. The molecular formula is C24H27N3O3. The Bertz CT molecular complexity index is 945. The lowest BCUT2D eigenvalue weighted by Gasteiger charge is -2.36. The third kappa shape index (κ3) is 3.83. The highest BCUT2D eigenvalue weighted by molar-refractivity contribution is 6.35. The summed E-state index contributed by atoms with van der Waals surface area (Å²) < 4.78 is 5.23. The molecule has 2 aromatic carbocycles. The first-order valence-electron chi connectivity index (χ1n) is 10.4. The first-order chi connectivity index (χ1) is 14.6. The second-order valence-corrected chi connectivity index (χ2v) is 7.56. The normalized spacial score (nSPS) is 17.8. The number of hydrogen-bond donors (Lipinski definition) is 0. The molecule has 1 fully saturated rings. The highest BCUT2D eigenvalue weighted by Gasteiger charge is 2.41. The molecule has 2 aliphatic rings. The molecule has 0 bridgehead atoms. The largest absolute Gasteiger partial charge is 0.497 e. The fourth-order valence-corrected chi connectivity index (χ4v) is 4.13. The topological polar surface area (TPSA) is 53.1 Å². The fourth-order valence-electron chi connectivity index (χ4n) is 4.13. The van der Waals surface area contributed by atoms with Crippen molar-refractivity contribution < 1.29 is 14.3 Å². The predicted molar refractivity (Wildman–Crippen MR) is 116 cm³/mol. The van der Waals surface area contributed by atoms with Gasteiger partial charge in [0.2, 0.25) is 0 Å². The molecule has 2 heterocycles. The van der Waals surface area contributed by atoms with Crippen LogP contribution in [0.4, 0.5) is 0 Å². The van der Waals surface area contributed by atoms with Crippen molar-refractivity contribution in [3.8, 4) is 5.75 Å². The van der Waals surface area contributed by atoms with Gasteiger partial charge < -0.3 is 9.64 Å². The molecule has 0 atom stereocenters. The summed E-state index contributed by atoms with van der Waals surface area (Å²) in [5, 5.41) is 0. The summed E-state index contributed by atoms with van der Waals surface area (Å²) in [5.74, 6) is 0.318. The Kier molecular flexibility index (Phi) is 5.86. The van der Waals surface area contributed by atoms with Gasteiger partial charge in [-0.1, -0.05) is 42.5 Å². The van der Waals surface area contributed by atoms with Crippen molar-refractivity contribution in [3.05, 3.63) is 71.4 Å². The maximum absolute atomic E-state index is 13.1. The average Bonchev–Trinajstić information content (AvgIpc) is 3.04. The van der Waals surface area contributed by atoms with E-state index in [2.05, 4.69) is 34.1 Å². The van der Waals surface area contributed by atoms with Gasteiger partial charge in [-0.25, -0.2) is 0 Å². The van der Waals surface area contributed by atoms with E-state index in [1.54, 1.807) is 7.11 Å². The van der Waals surface area contributed by atoms with Crippen LogP contribution in [-0.2, 0) is 16.1 Å². The number of hydrogen-bond acceptors (Lipinski definition) is 5. The molecule has 0 N–H and O–H groups in total. The lowest BCUT2D eigenvalue weighted by Crippen LogP contribution is -2.47. The molecule has 6 nitrogen and oxygen atoms in total. The van der Waals surface area contributed by atoms with E-state index in [0.29, 0.717) is 17.8 Å². The number of imide groups is 1. The van der Waals surface area contributed by atoms with Crippen LogP contribution in [0.2, 0.25) is 0 Å². The molecule has 0 radical (unpaired) electrons. The summed E-state index contributed by atoms with van der Waals surface area (Å²) in [7, 11) is 1.61. The van der Waals surface area contributed by atoms with Crippen LogP contribution < -0.4 is 4.74 Å². The van der Waals surface area contributed by atoms with E-state index in [1.165, 1.54) is 10.5 Å². The molecule has 2 aromatic rings. The Hall–Kier alpha value is -3.12. The van der Waals surface area contributed by atoms with Gasteiger partial charge in [-0.3, -0.25) is 19.4 Å². The summed E-state index contributed by atoms with van der Waals surface area (Å²) in [6.45, 7) is 6.24. The van der Waals surface area contributed by atoms with Gasteiger partial charge in [0.1, 0.15) is 11.4 Å². The monoisotopic (exact) mass is 405 g/mol. The number of amides is 2. The van der Waals surface area contributed by atoms with Crippen molar-refractivity contribution in [2.45, 2.75) is 13.5 Å². The average molecular weight is 405 g/mol. The molecule has 4 rings (SSSR count). The molecular weight excluding hydrogens is 378 g/mol. The van der Waals surface area contributed by atoms with Crippen molar-refractivity contribution >= 4 is 17.4 Å². The lowest BCUT2D eigenvalue weighted by molar-refractivity contribution is -0.137. The Morgan fingerprint density at radius 1 is 0.867 bits per heavy atom. The van der Waals surface area contributed by atoms with Gasteiger partial charge >= 0.3 is 0 Å². The summed E-state index contributed by atoms with van der Waals surface area (Å²) in [4.78, 5) is 31.9. The third-order valence-electron chi connectivity index (χ3n) is 5.78. The first-order valence-corrected chi connectivity index (χ1v) is 10.4. The van der Waals surface area contributed by atoms with Gasteiger partial charge in [-0.05, 0) is 30.2 Å². The second-order valence-electron chi connectivity index (χ2n) is 7.56. The number of carbonyl (C=O) groups excluding carboxylic acids is 2. The number of likely N-dealkylation sites (N-methyl/N-ethyl adjacent to an activating group) is 1. The number of rotatable bonds is 6. The quantitative estimate of drug-likeness (QED) is 0.692. The molecule has 2 aliphatic heterocycles. The van der Waals surface area contributed by atoms with E-state index in [-0.39, 0.29) is 11.8 Å². The molecule has 6 heteroatoms. The number of nitrogens with zero attached hydrogens (tertiary/aromatic N) is 3. The Morgan fingerprint density at radius 3 is 2.13 bits per heavy atom. The number of benzene rings is 2. The van der Waals surface area contributed by atoms with Gasteiger partial charge in [0.15, 0.2) is 0 Å². The van der Waals surface area contributed by atoms with Crippen LogP contribution in [0.25, 0.3) is 5.57 Å². The second kappa shape index (κ2) is 8.71. The van der Waals surface area contributed by atoms with Crippen LogP contribution in [0, 0.1) is 0 Å². The highest BCUT2D eigenvalue weighted by Crippen LogP contribution is 2.33. The maximum atomic E-state index is 13.1. The van der Waals surface area contributed by atoms with E-state index in [9.17, 15) is 9.59 Å². The summed E-state index contributed by atoms with van der Waals surface area (Å²) in [6.07, 6.45) is 0. The zero-order valence-electron chi connectivity index (χ0n) is 17.5. The van der Waals surface area contributed by atoms with Gasteiger partial charge in [-0.15, -0.1) is 0 Å². The van der Waals surface area contributed by atoms with Gasteiger partial charge in [-0.2, -0.15) is 0 Å². The molecule has 30 heavy (non-hydrogen) atoms. The minimum absolute atomic E-state index is 0.190. The number of piperazine rings is 1. The molecule has 0 saturated carbocycles. The Morgan fingerprint density at radius 2 is 1.53 bits per heavy atom. The standard InChI is InChI=1S/C24H27N3O3/c1-3-27-23(28)21(19-9-11-20(30-2)12-10-19)22(24(27)29)26-15-13-25(14-16-26)17-18-7-5-4-6-8-18/h4-12H,3,13-17H2,1-2H3. The molecule has 0 spiro atoms. The number of carbonyl (C=O) groups is 2. The van der Waals surface area contributed by atoms with Crippen molar-refractivity contribution in [3.63, 3.8) is 0 Å². The van der Waals surface area contributed by atoms with E-state index < -0.39 is 0 Å². The van der Waals surface area contributed by atoms with E-state index in [1.807, 2.05) is 37.3 Å². The van der Waals surface area contributed by atoms with Crippen LogP contribution in [-0.4, -0.2) is 66.3 Å². The van der Waals surface area contributed by atoms with Gasteiger partial charge in [0, 0.05) is 39.3 Å². The zero-order chi connectivity index (χ0) is 21.1. The van der Waals surface area contributed by atoms with E-state index in [0.717, 1.165) is 44.0 Å². The van der Waals surface area contributed by atoms with Crippen molar-refractivity contribution in [1.82, 2.24) is 14.7 Å². The smallest absolute Gasteiger partial charge is 0.277 e. The minimum Gasteiger partial charge on any atom is -0.497 e. The summed E-state index contributed by atoms with van der Waals surface area (Å²) in [5.41, 5.74) is 3.08. The molecule has 0 aliphatic carbocycles. The Labute approximate surface area is 177 Å². The SMILES string of the molecule is CCN1C(=O)C(c2ccc(OC)cc2)=C(N2CCN(Cc3ccccc3)CC2)C1=O. The van der Waals surface area contributed by atoms with Crippen molar-refractivity contribution in [2.24, 2.45) is 0 Å². The maximum Gasteiger partial charge on any atom is 0.277 e. The zero-order valence-corrected chi connectivity index (χ0v) is 17.5. The molecule has 0 aromatic heterocycles. The third-order valence-corrected chi connectivity index (χ3v) is 5.78. The minimum atomic E-state index is -0.214. The van der Waals surface area contributed by atoms with Crippen molar-refractivity contribution in [2.75, 3.05) is 39.8 Å². The number of ether oxygens (including phenoxy) is 1. The van der Waals surface area contributed by atoms with Gasteiger partial charge in [0.25, 0.3) is 11.8 Å². The molecule has 2 amide bonds. The Balaban J connectivity index is 1.57. The summed E-state index contributed by atoms with van der Waals surface area (Å²) in [6, 6.07) is 17.8. The highest BCUT2D eigenvalue weighted by atomic mass is 16.5. The van der Waals surface area contributed by atoms with Crippen LogP contribution in [0.1, 0.15) is 18.1 Å². The predicted octanol–water partition coefficient (Wildman–Crippen LogP) is 2.61. The lowest BCUT2D eigenvalue weighted by atomic mass is 10.0. The van der Waals surface area contributed by atoms with E-state index >= 15 is 0 Å². The van der Waals surface area contributed by atoms with Crippen LogP contribution in [0.15, 0.2) is 60.3 Å². The fraction of sp³-hybridized carbons (Fsp3) is 0.333. The van der Waals surface area contributed by atoms with Crippen LogP contribution >= 0.6 is 0 Å². The molecule has 1 saturated heterocycles. The van der Waals surface area contributed by atoms with Crippen LogP contribution in [0.3, 0.4) is 0 Å². The summed E-state index contributed by atoms with van der Waals surface area (Å²) >= 11 is 0. The van der Waals surface area contributed by atoms with Crippen LogP contribution in [0.5, 0.6) is 5.75 Å². The molecule has 156 valence electrons.